The van der Waals surface area contributed by atoms with Crippen LogP contribution in [0.4, 0.5) is 0 Å². The predicted octanol–water partition coefficient (Wildman–Crippen LogP) is 3.87. The average molecular weight is 337 g/mol. The summed E-state index contributed by atoms with van der Waals surface area (Å²) in [6.07, 6.45) is 2.66. The number of carbonyl (C=O) groups is 1. The van der Waals surface area contributed by atoms with Crippen molar-refractivity contribution in [1.82, 2.24) is 0 Å². The normalized spacial score (nSPS) is 18.0. The highest BCUT2D eigenvalue weighted by Crippen LogP contribution is 2.31. The summed E-state index contributed by atoms with van der Waals surface area (Å²) in [5.74, 6) is 0.317. The number of hydrogen-bond acceptors (Lipinski definition) is 4. The number of ketones is 1. The Hall–Kier alpha value is -1.01. The highest BCUT2D eigenvalue weighted by atomic mass is 28.4. The fourth-order valence-electron chi connectivity index (χ4n) is 3.29. The van der Waals surface area contributed by atoms with E-state index in [1.807, 2.05) is 39.0 Å². The molecule has 128 valence electrons. The van der Waals surface area contributed by atoms with Crippen molar-refractivity contribution >= 4 is 14.6 Å². The van der Waals surface area contributed by atoms with E-state index in [1.54, 1.807) is 0 Å². The van der Waals surface area contributed by atoms with Gasteiger partial charge < -0.3 is 13.3 Å². The Bertz CT molecular complexity index is 500. The van der Waals surface area contributed by atoms with Gasteiger partial charge in [0.2, 0.25) is 0 Å². The first-order valence-electron chi connectivity index (χ1n) is 8.69. The molecule has 1 aliphatic carbocycles. The maximum Gasteiger partial charge on any atom is 0.500 e. The minimum absolute atomic E-state index is 0.0538. The first-order valence-corrected chi connectivity index (χ1v) is 10.6. The average Bonchev–Trinajstić information content (AvgIpc) is 2.55. The molecule has 1 aliphatic rings. The van der Waals surface area contributed by atoms with Crippen LogP contribution in [0.1, 0.15) is 49.5 Å². The van der Waals surface area contributed by atoms with Gasteiger partial charge in [0, 0.05) is 37.3 Å². The Kier molecular flexibility index (Phi) is 6.96. The zero-order valence-corrected chi connectivity index (χ0v) is 15.5. The van der Waals surface area contributed by atoms with Gasteiger partial charge in [0.1, 0.15) is 0 Å². The number of rotatable bonds is 9. The topological polar surface area (TPSA) is 44.8 Å². The van der Waals surface area contributed by atoms with Gasteiger partial charge in [0.25, 0.3) is 0 Å². The lowest BCUT2D eigenvalue weighted by atomic mass is 9.81. The van der Waals surface area contributed by atoms with E-state index >= 15 is 0 Å². The predicted molar refractivity (Wildman–Crippen MR) is 92.6 cm³/mol. The molecule has 1 unspecified atom stereocenters. The van der Waals surface area contributed by atoms with Gasteiger partial charge >= 0.3 is 8.80 Å². The van der Waals surface area contributed by atoms with Crippen LogP contribution in [0, 0.1) is 5.92 Å². The Balaban J connectivity index is 2.04. The number of hydrogen-bond donors (Lipinski definition) is 0. The second-order valence-electron chi connectivity index (χ2n) is 5.78. The smallest absolute Gasteiger partial charge is 0.374 e. The molecule has 0 aliphatic heterocycles. The molecule has 0 amide bonds. The molecule has 0 aromatic heterocycles. The fourth-order valence-corrected chi connectivity index (χ4v) is 5.99. The van der Waals surface area contributed by atoms with Gasteiger partial charge in [-0.2, -0.15) is 0 Å². The Morgan fingerprint density at radius 2 is 1.65 bits per heavy atom. The summed E-state index contributed by atoms with van der Waals surface area (Å²) < 4.78 is 17.7. The number of aryl methyl sites for hydroxylation is 1. The summed E-state index contributed by atoms with van der Waals surface area (Å²) in [6.45, 7) is 7.61. The Labute approximate surface area is 140 Å². The van der Waals surface area contributed by atoms with Crippen molar-refractivity contribution in [3.05, 3.63) is 35.4 Å². The molecular formula is C18H28O4Si. The van der Waals surface area contributed by atoms with Crippen LogP contribution in [0.5, 0.6) is 0 Å². The molecule has 0 spiro atoms. The SMILES string of the molecule is CCO[Si](CCC1CCc2ccccc2C1=O)(OCC)OCC. The highest BCUT2D eigenvalue weighted by Gasteiger charge is 2.41. The van der Waals surface area contributed by atoms with Gasteiger partial charge in [-0.25, -0.2) is 0 Å². The van der Waals surface area contributed by atoms with E-state index in [2.05, 4.69) is 6.07 Å². The lowest BCUT2D eigenvalue weighted by molar-refractivity contribution is 0.0684. The Morgan fingerprint density at radius 1 is 1.04 bits per heavy atom. The van der Waals surface area contributed by atoms with E-state index in [0.717, 1.165) is 24.8 Å². The van der Waals surface area contributed by atoms with E-state index in [-0.39, 0.29) is 11.7 Å². The van der Waals surface area contributed by atoms with Crippen LogP contribution in [0.15, 0.2) is 24.3 Å². The van der Waals surface area contributed by atoms with Crippen molar-refractivity contribution in [3.8, 4) is 0 Å². The van der Waals surface area contributed by atoms with Crippen LogP contribution in [-0.4, -0.2) is 34.4 Å². The monoisotopic (exact) mass is 336 g/mol. The summed E-state index contributed by atoms with van der Waals surface area (Å²) in [5.41, 5.74) is 2.07. The third-order valence-electron chi connectivity index (χ3n) is 4.31. The van der Waals surface area contributed by atoms with Crippen LogP contribution >= 0.6 is 0 Å². The molecule has 1 atom stereocenters. The van der Waals surface area contributed by atoms with Gasteiger partial charge in [0.15, 0.2) is 5.78 Å². The van der Waals surface area contributed by atoms with Gasteiger partial charge in [-0.15, -0.1) is 0 Å². The zero-order chi connectivity index (χ0) is 16.7. The molecule has 0 saturated heterocycles. The fraction of sp³-hybridized carbons (Fsp3) is 0.611. The molecule has 4 nitrogen and oxygen atoms in total. The highest BCUT2D eigenvalue weighted by molar-refractivity contribution is 6.60. The van der Waals surface area contributed by atoms with Crippen molar-refractivity contribution in [1.29, 1.82) is 0 Å². The Morgan fingerprint density at radius 3 is 2.26 bits per heavy atom. The van der Waals surface area contributed by atoms with E-state index in [0.29, 0.717) is 25.9 Å². The molecule has 0 saturated carbocycles. The molecular weight excluding hydrogens is 308 g/mol. The minimum Gasteiger partial charge on any atom is -0.374 e. The van der Waals surface area contributed by atoms with Gasteiger partial charge in [-0.05, 0) is 45.6 Å². The quantitative estimate of drug-likeness (QED) is 0.642. The number of fused-ring (bicyclic) bond motifs is 1. The van der Waals surface area contributed by atoms with Gasteiger partial charge in [-0.3, -0.25) is 4.79 Å². The number of carbonyl (C=O) groups excluding carboxylic acids is 1. The van der Waals surface area contributed by atoms with Crippen LogP contribution in [0.2, 0.25) is 6.04 Å². The van der Waals surface area contributed by atoms with Gasteiger partial charge in [-0.1, -0.05) is 24.3 Å². The van der Waals surface area contributed by atoms with Crippen molar-refractivity contribution in [3.63, 3.8) is 0 Å². The van der Waals surface area contributed by atoms with E-state index < -0.39 is 8.80 Å². The summed E-state index contributed by atoms with van der Waals surface area (Å²) in [6, 6.07) is 8.66. The molecule has 0 fully saturated rings. The zero-order valence-electron chi connectivity index (χ0n) is 14.5. The second kappa shape index (κ2) is 8.73. The summed E-state index contributed by atoms with van der Waals surface area (Å²) in [4.78, 5) is 12.7. The van der Waals surface area contributed by atoms with E-state index in [1.165, 1.54) is 5.56 Å². The third kappa shape index (κ3) is 4.50. The van der Waals surface area contributed by atoms with Crippen LogP contribution < -0.4 is 0 Å². The second-order valence-corrected chi connectivity index (χ2v) is 8.51. The molecule has 0 N–H and O–H groups in total. The minimum atomic E-state index is -2.65. The van der Waals surface area contributed by atoms with Crippen molar-refractivity contribution < 1.29 is 18.1 Å². The number of benzene rings is 1. The molecule has 0 radical (unpaired) electrons. The first-order chi connectivity index (χ1) is 11.2. The maximum absolute atomic E-state index is 12.7. The van der Waals surface area contributed by atoms with Crippen molar-refractivity contribution in [2.45, 2.75) is 46.1 Å². The largest absolute Gasteiger partial charge is 0.500 e. The molecule has 1 aromatic rings. The van der Waals surface area contributed by atoms with Crippen LogP contribution in [0.25, 0.3) is 0 Å². The summed E-state index contributed by atoms with van der Waals surface area (Å²) in [7, 11) is -2.65. The lowest BCUT2D eigenvalue weighted by Gasteiger charge is -2.30. The molecule has 2 rings (SSSR count). The van der Waals surface area contributed by atoms with E-state index in [4.69, 9.17) is 13.3 Å². The van der Waals surface area contributed by atoms with Crippen molar-refractivity contribution in [2.75, 3.05) is 19.8 Å². The van der Waals surface area contributed by atoms with Crippen LogP contribution in [0.3, 0.4) is 0 Å². The van der Waals surface area contributed by atoms with Crippen molar-refractivity contribution in [2.24, 2.45) is 5.92 Å². The molecule has 23 heavy (non-hydrogen) atoms. The molecule has 0 heterocycles. The first kappa shape index (κ1) is 18.3. The summed E-state index contributed by atoms with van der Waals surface area (Å²) in [5, 5.41) is 0. The molecule has 0 bridgehead atoms. The molecule has 5 heteroatoms. The standard InChI is InChI=1S/C18H28O4Si/c1-4-20-23(21-5-2,22-6-3)14-13-16-12-11-15-9-7-8-10-17(15)18(16)19/h7-10,16H,4-6,11-14H2,1-3H3. The maximum atomic E-state index is 12.7. The lowest BCUT2D eigenvalue weighted by Crippen LogP contribution is -2.46. The third-order valence-corrected chi connectivity index (χ3v) is 7.39. The van der Waals surface area contributed by atoms with E-state index in [9.17, 15) is 4.79 Å². The summed E-state index contributed by atoms with van der Waals surface area (Å²) >= 11 is 0. The molecule has 1 aromatic carbocycles. The van der Waals surface area contributed by atoms with Gasteiger partial charge in [0.05, 0.1) is 0 Å². The van der Waals surface area contributed by atoms with Crippen LogP contribution in [-0.2, 0) is 19.7 Å². The number of Topliss-reactive ketones (excluding diaryl/α,β-unsaturated/α-hetero) is 1.